The number of carbonyl (C=O) groups excluding carboxylic acids is 1. The first-order chi connectivity index (χ1) is 12.2. The number of hydrogen-bond donors (Lipinski definition) is 2. The number of ether oxygens (including phenoxy) is 1. The standard InChI is InChI=1S/C16H16N6O3/c17-9-13-16(19-8-7-18-13)25-11-3-1-10(2-4-11)20-15(24)12-5-6-14(23)22-21-12/h5-8,10-11H,1-4H2,(H,20,24)(H,22,23). The zero-order valence-corrected chi connectivity index (χ0v) is 13.3. The van der Waals surface area contributed by atoms with E-state index in [1.165, 1.54) is 24.5 Å². The second kappa shape index (κ2) is 7.53. The molecule has 0 radical (unpaired) electrons. The number of nitriles is 1. The summed E-state index contributed by atoms with van der Waals surface area (Å²) in [5.74, 6) is -0.0729. The summed E-state index contributed by atoms with van der Waals surface area (Å²) in [6, 6.07) is 4.62. The molecule has 2 aromatic rings. The number of amides is 1. The molecule has 1 aliphatic carbocycles. The summed E-state index contributed by atoms with van der Waals surface area (Å²) in [6.45, 7) is 0. The van der Waals surface area contributed by atoms with Gasteiger partial charge < -0.3 is 10.1 Å². The van der Waals surface area contributed by atoms with Gasteiger partial charge in [-0.2, -0.15) is 10.4 Å². The van der Waals surface area contributed by atoms with E-state index in [1.54, 1.807) is 0 Å². The van der Waals surface area contributed by atoms with Crippen LogP contribution in [0.5, 0.6) is 5.88 Å². The molecule has 1 amide bonds. The number of aromatic amines is 1. The Balaban J connectivity index is 1.52. The monoisotopic (exact) mass is 340 g/mol. The fraction of sp³-hybridized carbons (Fsp3) is 0.375. The summed E-state index contributed by atoms with van der Waals surface area (Å²) in [5, 5.41) is 17.9. The number of aromatic nitrogens is 4. The van der Waals surface area contributed by atoms with E-state index in [0.717, 1.165) is 25.7 Å². The predicted molar refractivity (Wildman–Crippen MR) is 85.7 cm³/mol. The van der Waals surface area contributed by atoms with Crippen LogP contribution in [0.15, 0.2) is 29.3 Å². The Morgan fingerprint density at radius 3 is 2.68 bits per heavy atom. The molecule has 0 aliphatic heterocycles. The fourth-order valence-electron chi connectivity index (χ4n) is 2.70. The van der Waals surface area contributed by atoms with E-state index in [1.807, 2.05) is 6.07 Å². The molecule has 3 rings (SSSR count). The summed E-state index contributed by atoms with van der Waals surface area (Å²) in [4.78, 5) is 31.0. The maximum Gasteiger partial charge on any atom is 0.271 e. The average Bonchev–Trinajstić information content (AvgIpc) is 2.64. The lowest BCUT2D eigenvalue weighted by molar-refractivity contribution is 0.0883. The van der Waals surface area contributed by atoms with Gasteiger partial charge in [0.2, 0.25) is 5.69 Å². The van der Waals surface area contributed by atoms with Crippen molar-refractivity contribution in [1.29, 1.82) is 5.26 Å². The number of H-pyrrole nitrogens is 1. The van der Waals surface area contributed by atoms with Crippen LogP contribution in [0.2, 0.25) is 0 Å². The quantitative estimate of drug-likeness (QED) is 0.830. The van der Waals surface area contributed by atoms with E-state index < -0.39 is 0 Å². The predicted octanol–water partition coefficient (Wildman–Crippen LogP) is 0.552. The fourth-order valence-corrected chi connectivity index (χ4v) is 2.70. The van der Waals surface area contributed by atoms with Crippen molar-refractivity contribution in [3.05, 3.63) is 46.3 Å². The Kier molecular flexibility index (Phi) is 4.99. The van der Waals surface area contributed by atoms with Gasteiger partial charge in [0.15, 0.2) is 0 Å². The molecule has 1 saturated carbocycles. The van der Waals surface area contributed by atoms with Crippen molar-refractivity contribution in [2.24, 2.45) is 0 Å². The molecule has 9 nitrogen and oxygen atoms in total. The smallest absolute Gasteiger partial charge is 0.271 e. The first-order valence-corrected chi connectivity index (χ1v) is 7.90. The second-order valence-corrected chi connectivity index (χ2v) is 5.69. The SMILES string of the molecule is N#Cc1nccnc1OC1CCC(NC(=O)c2ccc(=O)[nH]n2)CC1. The third kappa shape index (κ3) is 4.17. The lowest BCUT2D eigenvalue weighted by Gasteiger charge is -2.29. The summed E-state index contributed by atoms with van der Waals surface area (Å²) in [5.41, 5.74) is -0.00628. The largest absolute Gasteiger partial charge is 0.472 e. The van der Waals surface area contributed by atoms with Crippen LogP contribution in [0, 0.1) is 11.3 Å². The highest BCUT2D eigenvalue weighted by molar-refractivity contribution is 5.92. The first-order valence-electron chi connectivity index (χ1n) is 7.90. The summed E-state index contributed by atoms with van der Waals surface area (Å²) in [6.07, 6.45) is 5.80. The second-order valence-electron chi connectivity index (χ2n) is 5.69. The van der Waals surface area contributed by atoms with E-state index in [4.69, 9.17) is 10.00 Å². The van der Waals surface area contributed by atoms with Crippen molar-refractivity contribution in [3.63, 3.8) is 0 Å². The van der Waals surface area contributed by atoms with Crippen molar-refractivity contribution in [2.45, 2.75) is 37.8 Å². The van der Waals surface area contributed by atoms with E-state index in [2.05, 4.69) is 25.5 Å². The van der Waals surface area contributed by atoms with Gasteiger partial charge in [0, 0.05) is 24.5 Å². The molecule has 128 valence electrons. The van der Waals surface area contributed by atoms with Crippen LogP contribution >= 0.6 is 0 Å². The maximum atomic E-state index is 12.1. The highest BCUT2D eigenvalue weighted by Crippen LogP contribution is 2.24. The summed E-state index contributed by atoms with van der Waals surface area (Å²) < 4.78 is 5.77. The Morgan fingerprint density at radius 1 is 1.24 bits per heavy atom. The van der Waals surface area contributed by atoms with E-state index in [-0.39, 0.29) is 40.9 Å². The van der Waals surface area contributed by atoms with Crippen molar-refractivity contribution >= 4 is 5.91 Å². The summed E-state index contributed by atoms with van der Waals surface area (Å²) >= 11 is 0. The molecule has 0 spiro atoms. The zero-order valence-electron chi connectivity index (χ0n) is 13.3. The first kappa shape index (κ1) is 16.6. The van der Waals surface area contributed by atoms with Crippen molar-refractivity contribution in [2.75, 3.05) is 0 Å². The normalized spacial score (nSPS) is 19.6. The number of carbonyl (C=O) groups is 1. The van der Waals surface area contributed by atoms with Crippen molar-refractivity contribution in [3.8, 4) is 11.9 Å². The molecule has 0 aromatic carbocycles. The molecular weight excluding hydrogens is 324 g/mol. The number of rotatable bonds is 4. The average molecular weight is 340 g/mol. The lowest BCUT2D eigenvalue weighted by atomic mass is 9.93. The minimum Gasteiger partial charge on any atom is -0.472 e. The van der Waals surface area contributed by atoms with E-state index in [0.29, 0.717) is 0 Å². The molecule has 9 heteroatoms. The van der Waals surface area contributed by atoms with Crippen LogP contribution in [0.3, 0.4) is 0 Å². The Labute approximate surface area is 143 Å². The van der Waals surface area contributed by atoms with Gasteiger partial charge in [-0.25, -0.2) is 15.1 Å². The zero-order chi connectivity index (χ0) is 17.6. The van der Waals surface area contributed by atoms with Crippen LogP contribution in [0.4, 0.5) is 0 Å². The van der Waals surface area contributed by atoms with Crippen LogP contribution in [0.25, 0.3) is 0 Å². The minimum absolute atomic E-state index is 0.0124. The Morgan fingerprint density at radius 2 is 2.00 bits per heavy atom. The highest BCUT2D eigenvalue weighted by Gasteiger charge is 2.25. The third-order valence-electron chi connectivity index (χ3n) is 3.97. The number of nitrogens with one attached hydrogen (secondary N) is 2. The Hall–Kier alpha value is -3.28. The van der Waals surface area contributed by atoms with Gasteiger partial charge in [-0.3, -0.25) is 9.59 Å². The molecule has 2 aromatic heterocycles. The van der Waals surface area contributed by atoms with Crippen LogP contribution < -0.4 is 15.6 Å². The number of hydrogen-bond acceptors (Lipinski definition) is 7. The van der Waals surface area contributed by atoms with Gasteiger partial charge in [0.1, 0.15) is 17.9 Å². The summed E-state index contributed by atoms with van der Waals surface area (Å²) in [7, 11) is 0. The molecule has 1 aliphatic rings. The van der Waals surface area contributed by atoms with Gasteiger partial charge in [0.05, 0.1) is 0 Å². The molecule has 2 heterocycles. The molecule has 25 heavy (non-hydrogen) atoms. The number of nitrogens with zero attached hydrogens (tertiary/aromatic N) is 4. The van der Waals surface area contributed by atoms with Crippen molar-refractivity contribution in [1.82, 2.24) is 25.5 Å². The van der Waals surface area contributed by atoms with Gasteiger partial charge >= 0.3 is 0 Å². The minimum atomic E-state index is -0.352. The molecule has 0 atom stereocenters. The van der Waals surface area contributed by atoms with Crippen LogP contribution in [-0.4, -0.2) is 38.2 Å². The van der Waals surface area contributed by atoms with Crippen molar-refractivity contribution < 1.29 is 9.53 Å². The molecule has 2 N–H and O–H groups in total. The van der Waals surface area contributed by atoms with E-state index in [9.17, 15) is 9.59 Å². The maximum absolute atomic E-state index is 12.1. The molecule has 1 fully saturated rings. The molecular formula is C16H16N6O3. The van der Waals surface area contributed by atoms with Crippen LogP contribution in [0.1, 0.15) is 41.9 Å². The van der Waals surface area contributed by atoms with Gasteiger partial charge in [-0.1, -0.05) is 0 Å². The third-order valence-corrected chi connectivity index (χ3v) is 3.97. The van der Waals surface area contributed by atoms with Gasteiger partial charge in [-0.05, 0) is 31.7 Å². The van der Waals surface area contributed by atoms with Gasteiger partial charge in [0.25, 0.3) is 17.3 Å². The molecule has 0 unspecified atom stereocenters. The highest BCUT2D eigenvalue weighted by atomic mass is 16.5. The molecule has 0 bridgehead atoms. The topological polar surface area (TPSA) is 134 Å². The Bertz CT molecular complexity index is 831. The lowest BCUT2D eigenvalue weighted by Crippen LogP contribution is -2.40. The van der Waals surface area contributed by atoms with E-state index >= 15 is 0 Å². The molecule has 0 saturated heterocycles. The van der Waals surface area contributed by atoms with Gasteiger partial charge in [-0.15, -0.1) is 0 Å². The van der Waals surface area contributed by atoms with Crippen LogP contribution in [-0.2, 0) is 0 Å².